The number of fused-ring (bicyclic) bond motifs is 1. The molecule has 176 valence electrons. The molecule has 1 aliphatic heterocycles. The van der Waals surface area contributed by atoms with Gasteiger partial charge in [0, 0.05) is 62.6 Å². The maximum Gasteiger partial charge on any atom is 0.173 e. The second-order valence-electron chi connectivity index (χ2n) is 9.22. The largest absolute Gasteiger partial charge is 0.379 e. The van der Waals surface area contributed by atoms with Crippen LogP contribution in [0, 0.1) is 20.8 Å². The van der Waals surface area contributed by atoms with Crippen LogP contribution in [0.3, 0.4) is 0 Å². The maximum atomic E-state index is 5.98. The summed E-state index contributed by atoms with van der Waals surface area (Å²) in [6, 6.07) is 13.0. The molecule has 6 heteroatoms. The number of anilines is 1. The summed E-state index contributed by atoms with van der Waals surface area (Å²) in [7, 11) is 2.12. The van der Waals surface area contributed by atoms with Crippen LogP contribution in [0.25, 0.3) is 10.9 Å². The van der Waals surface area contributed by atoms with Crippen molar-refractivity contribution in [1.82, 2.24) is 14.4 Å². The number of nitrogens with one attached hydrogen (secondary N) is 1. The Balaban J connectivity index is 1.53. The Morgan fingerprint density at radius 2 is 1.79 bits per heavy atom. The number of thiocarbonyl (C=S) groups is 1. The zero-order valence-corrected chi connectivity index (χ0v) is 21.2. The van der Waals surface area contributed by atoms with E-state index >= 15 is 0 Å². The van der Waals surface area contributed by atoms with E-state index in [1.165, 1.54) is 33.2 Å². The van der Waals surface area contributed by atoms with E-state index < -0.39 is 0 Å². The highest BCUT2D eigenvalue weighted by Gasteiger charge is 2.17. The molecule has 3 aromatic rings. The second-order valence-corrected chi connectivity index (χ2v) is 9.60. The Hall–Kier alpha value is -2.41. The number of benzene rings is 2. The van der Waals surface area contributed by atoms with Gasteiger partial charge in [-0.15, -0.1) is 0 Å². The molecule has 0 unspecified atom stereocenters. The van der Waals surface area contributed by atoms with Crippen molar-refractivity contribution >= 4 is 33.9 Å². The van der Waals surface area contributed by atoms with Crippen molar-refractivity contribution in [2.24, 2.45) is 7.05 Å². The fraction of sp³-hybridized carbons (Fsp3) is 0.444. The molecule has 0 saturated carbocycles. The van der Waals surface area contributed by atoms with Crippen LogP contribution in [-0.4, -0.2) is 58.9 Å². The minimum Gasteiger partial charge on any atom is -0.379 e. The van der Waals surface area contributed by atoms with Gasteiger partial charge >= 0.3 is 0 Å². The molecule has 1 saturated heterocycles. The SMILES string of the molecule is Cc1cc(C)c(NC(=S)N(CCCN2CCOCC2)Cc2cn(C)c3ccccc23)c(C)c1. The summed E-state index contributed by atoms with van der Waals surface area (Å²) in [6.45, 7) is 12.9. The Morgan fingerprint density at radius 1 is 1.09 bits per heavy atom. The number of aryl methyl sites for hydroxylation is 4. The van der Waals surface area contributed by atoms with Gasteiger partial charge < -0.3 is 19.5 Å². The molecular weight excluding hydrogens is 428 g/mol. The van der Waals surface area contributed by atoms with Gasteiger partial charge in [0.25, 0.3) is 0 Å². The van der Waals surface area contributed by atoms with Crippen molar-refractivity contribution in [2.75, 3.05) is 44.7 Å². The fourth-order valence-corrected chi connectivity index (χ4v) is 5.14. The summed E-state index contributed by atoms with van der Waals surface area (Å²) < 4.78 is 7.71. The number of ether oxygens (including phenoxy) is 1. The van der Waals surface area contributed by atoms with Crippen LogP contribution in [0.1, 0.15) is 28.7 Å². The van der Waals surface area contributed by atoms with Gasteiger partial charge in [-0.25, -0.2) is 0 Å². The monoisotopic (exact) mass is 464 g/mol. The van der Waals surface area contributed by atoms with Crippen molar-refractivity contribution in [3.8, 4) is 0 Å². The summed E-state index contributed by atoms with van der Waals surface area (Å²) in [5, 5.41) is 5.67. The van der Waals surface area contributed by atoms with Gasteiger partial charge in [-0.1, -0.05) is 35.9 Å². The molecule has 2 heterocycles. The van der Waals surface area contributed by atoms with Crippen molar-refractivity contribution in [3.05, 3.63) is 64.8 Å². The van der Waals surface area contributed by atoms with Crippen LogP contribution in [0.2, 0.25) is 0 Å². The molecule has 0 radical (unpaired) electrons. The first-order chi connectivity index (χ1) is 15.9. The smallest absolute Gasteiger partial charge is 0.173 e. The Kier molecular flexibility index (Phi) is 7.68. The van der Waals surface area contributed by atoms with Crippen LogP contribution in [0.5, 0.6) is 0 Å². The number of nitrogens with zero attached hydrogens (tertiary/aromatic N) is 3. The zero-order valence-electron chi connectivity index (χ0n) is 20.4. The molecule has 0 atom stereocenters. The van der Waals surface area contributed by atoms with Gasteiger partial charge in [-0.3, -0.25) is 4.90 Å². The number of para-hydroxylation sites is 1. The maximum absolute atomic E-state index is 5.98. The lowest BCUT2D eigenvalue weighted by Crippen LogP contribution is -2.40. The molecule has 1 aromatic heterocycles. The number of rotatable bonds is 7. The van der Waals surface area contributed by atoms with E-state index in [2.05, 4.69) is 90.1 Å². The van der Waals surface area contributed by atoms with E-state index in [-0.39, 0.29) is 0 Å². The number of hydrogen-bond acceptors (Lipinski definition) is 3. The normalized spacial score (nSPS) is 14.5. The molecule has 1 N–H and O–H groups in total. The van der Waals surface area contributed by atoms with E-state index in [0.717, 1.165) is 63.2 Å². The standard InChI is InChI=1S/C27H36N4OS/c1-20-16-21(2)26(22(3)17-20)28-27(33)31(11-7-10-30-12-14-32-15-13-30)19-23-18-29(4)25-9-6-5-8-24(23)25/h5-6,8-9,16-18H,7,10-15,19H2,1-4H3,(H,28,33). The highest BCUT2D eigenvalue weighted by atomic mass is 32.1. The van der Waals surface area contributed by atoms with E-state index in [0.29, 0.717) is 0 Å². The summed E-state index contributed by atoms with van der Waals surface area (Å²) in [6.07, 6.45) is 3.31. The molecule has 0 spiro atoms. The first kappa shape index (κ1) is 23.7. The zero-order chi connectivity index (χ0) is 23.4. The lowest BCUT2D eigenvalue weighted by Gasteiger charge is -2.30. The Labute approximate surface area is 203 Å². The average molecular weight is 465 g/mol. The van der Waals surface area contributed by atoms with Crippen LogP contribution in [0.15, 0.2) is 42.6 Å². The summed E-state index contributed by atoms with van der Waals surface area (Å²) in [5.74, 6) is 0. The number of morpholine rings is 1. The minimum atomic E-state index is 0.792. The van der Waals surface area contributed by atoms with E-state index in [1.807, 2.05) is 0 Å². The molecule has 33 heavy (non-hydrogen) atoms. The lowest BCUT2D eigenvalue weighted by molar-refractivity contribution is 0.0368. The van der Waals surface area contributed by atoms with Crippen LogP contribution in [-0.2, 0) is 18.3 Å². The highest BCUT2D eigenvalue weighted by molar-refractivity contribution is 7.80. The van der Waals surface area contributed by atoms with Crippen molar-refractivity contribution in [3.63, 3.8) is 0 Å². The third kappa shape index (κ3) is 5.75. The molecular formula is C27H36N4OS. The van der Waals surface area contributed by atoms with E-state index in [4.69, 9.17) is 17.0 Å². The molecule has 1 fully saturated rings. The van der Waals surface area contributed by atoms with Gasteiger partial charge in [0.15, 0.2) is 5.11 Å². The topological polar surface area (TPSA) is 32.7 Å². The van der Waals surface area contributed by atoms with Crippen molar-refractivity contribution < 1.29 is 4.74 Å². The van der Waals surface area contributed by atoms with Crippen LogP contribution >= 0.6 is 12.2 Å². The molecule has 0 aliphatic carbocycles. The second kappa shape index (κ2) is 10.7. The highest BCUT2D eigenvalue weighted by Crippen LogP contribution is 2.25. The average Bonchev–Trinajstić information content (AvgIpc) is 3.11. The Morgan fingerprint density at radius 3 is 2.52 bits per heavy atom. The van der Waals surface area contributed by atoms with Crippen molar-refractivity contribution in [2.45, 2.75) is 33.7 Å². The van der Waals surface area contributed by atoms with Gasteiger partial charge in [0.1, 0.15) is 0 Å². The first-order valence-electron chi connectivity index (χ1n) is 11.9. The predicted molar refractivity (Wildman–Crippen MR) is 142 cm³/mol. The van der Waals surface area contributed by atoms with Crippen molar-refractivity contribution in [1.29, 1.82) is 0 Å². The van der Waals surface area contributed by atoms with Crippen LogP contribution < -0.4 is 5.32 Å². The van der Waals surface area contributed by atoms with E-state index in [9.17, 15) is 0 Å². The minimum absolute atomic E-state index is 0.792. The molecule has 1 aliphatic rings. The summed E-state index contributed by atoms with van der Waals surface area (Å²) >= 11 is 5.98. The van der Waals surface area contributed by atoms with Gasteiger partial charge in [0.05, 0.1) is 13.2 Å². The number of aromatic nitrogens is 1. The molecule has 4 rings (SSSR count). The van der Waals surface area contributed by atoms with Gasteiger partial charge in [-0.2, -0.15) is 0 Å². The lowest BCUT2D eigenvalue weighted by atomic mass is 10.1. The first-order valence-corrected chi connectivity index (χ1v) is 12.3. The van der Waals surface area contributed by atoms with E-state index in [1.54, 1.807) is 0 Å². The van der Waals surface area contributed by atoms with Gasteiger partial charge in [0.2, 0.25) is 0 Å². The molecule has 5 nitrogen and oxygen atoms in total. The molecule has 2 aromatic carbocycles. The fourth-order valence-electron chi connectivity index (χ4n) is 4.88. The van der Waals surface area contributed by atoms with Gasteiger partial charge in [-0.05, 0) is 62.2 Å². The number of hydrogen-bond donors (Lipinski definition) is 1. The summed E-state index contributed by atoms with van der Waals surface area (Å²) in [5.41, 5.74) is 7.42. The van der Waals surface area contributed by atoms with Crippen LogP contribution in [0.4, 0.5) is 5.69 Å². The third-order valence-corrected chi connectivity index (χ3v) is 6.90. The third-order valence-electron chi connectivity index (χ3n) is 6.54. The molecule has 0 bridgehead atoms. The summed E-state index contributed by atoms with van der Waals surface area (Å²) in [4.78, 5) is 4.82. The quantitative estimate of drug-likeness (QED) is 0.496. The molecule has 0 amide bonds. The predicted octanol–water partition coefficient (Wildman–Crippen LogP) is 5.02. The Bertz CT molecular complexity index is 1090.